The molecule has 0 radical (unpaired) electrons. The summed E-state index contributed by atoms with van der Waals surface area (Å²) in [7, 11) is 0. The normalized spacial score (nSPS) is 12.1. The van der Waals surface area contributed by atoms with Crippen LogP contribution in [0.15, 0.2) is 152 Å². The zero-order valence-electron chi connectivity index (χ0n) is 23.4. The summed E-state index contributed by atoms with van der Waals surface area (Å²) in [6.45, 7) is 0. The monoisotopic (exact) mass is 555 g/mol. The molecule has 5 nitrogen and oxygen atoms in total. The molecule has 6 aromatic carbocycles. The highest BCUT2D eigenvalue weighted by atomic mass is 15.4. The number of aromatic nitrogens is 2. The first kappa shape index (κ1) is 25.0. The Hall–Kier alpha value is -5.78. The molecule has 0 spiro atoms. The van der Waals surface area contributed by atoms with E-state index in [0.29, 0.717) is 5.70 Å². The van der Waals surface area contributed by atoms with Crippen molar-refractivity contribution in [2.45, 2.75) is 0 Å². The molecule has 0 fully saturated rings. The first-order valence-corrected chi connectivity index (χ1v) is 14.4. The van der Waals surface area contributed by atoms with E-state index in [9.17, 15) is 0 Å². The molecule has 0 saturated carbocycles. The van der Waals surface area contributed by atoms with Crippen LogP contribution < -0.4 is 16.6 Å². The highest BCUT2D eigenvalue weighted by Gasteiger charge is 2.14. The lowest BCUT2D eigenvalue weighted by atomic mass is 10.1. The summed E-state index contributed by atoms with van der Waals surface area (Å²) < 4.78 is 4.58. The second-order valence-corrected chi connectivity index (χ2v) is 10.8. The Bertz CT molecular complexity index is 2220. The summed E-state index contributed by atoms with van der Waals surface area (Å²) in [6, 6.07) is 50.5. The van der Waals surface area contributed by atoms with Crippen molar-refractivity contribution in [1.82, 2.24) is 9.13 Å². The van der Waals surface area contributed by atoms with Gasteiger partial charge >= 0.3 is 0 Å². The second-order valence-electron chi connectivity index (χ2n) is 10.8. The molecular weight excluding hydrogens is 526 g/mol. The molecular formula is C38H29N5. The summed E-state index contributed by atoms with van der Waals surface area (Å²) >= 11 is 0. The third-order valence-corrected chi connectivity index (χ3v) is 8.28. The smallest absolute Gasteiger partial charge is 0.0590 e. The van der Waals surface area contributed by atoms with Gasteiger partial charge in [0.1, 0.15) is 0 Å². The van der Waals surface area contributed by atoms with E-state index < -0.39 is 0 Å². The summed E-state index contributed by atoms with van der Waals surface area (Å²) in [6.07, 6.45) is 1.78. The molecule has 0 amide bonds. The average Bonchev–Trinajstić information content (AvgIpc) is 3.58. The minimum atomic E-state index is 0.582. The fourth-order valence-electron chi connectivity index (χ4n) is 6.30. The van der Waals surface area contributed by atoms with Gasteiger partial charge in [-0.2, -0.15) is 0 Å². The van der Waals surface area contributed by atoms with Gasteiger partial charge in [-0.15, -0.1) is 0 Å². The molecule has 2 aromatic heterocycles. The highest BCUT2D eigenvalue weighted by molar-refractivity contribution is 6.10. The number of nitrogens with two attached hydrogens (primary N) is 2. The topological polar surface area (TPSA) is 65.1 Å². The third-order valence-electron chi connectivity index (χ3n) is 8.28. The van der Waals surface area contributed by atoms with Crippen molar-refractivity contribution in [3.63, 3.8) is 0 Å². The van der Waals surface area contributed by atoms with Crippen molar-refractivity contribution in [3.8, 4) is 11.4 Å². The molecule has 0 atom stereocenters. The number of hydrogen-bond donors (Lipinski definition) is 2. The van der Waals surface area contributed by atoms with Crippen molar-refractivity contribution in [1.29, 1.82) is 0 Å². The molecule has 2 heterocycles. The van der Waals surface area contributed by atoms with Gasteiger partial charge in [-0.25, -0.2) is 5.84 Å². The van der Waals surface area contributed by atoms with E-state index in [1.807, 2.05) is 24.3 Å². The van der Waals surface area contributed by atoms with Crippen LogP contribution in [-0.4, -0.2) is 9.13 Å². The standard InChI is InChI=1S/C38H29N5/c39-34(26-20-22-27(23-21-26)42-35-16-5-1-12-30(35)31-13-2-6-17-36(31)42)25-41(40)28-10-9-11-29(24-28)43-37-18-7-3-14-32(37)33-15-4-8-19-38(33)43/h1-25H,39-40H2/b34-25-. The largest absolute Gasteiger partial charge is 0.397 e. The van der Waals surface area contributed by atoms with Gasteiger partial charge in [0.15, 0.2) is 0 Å². The molecule has 0 saturated heterocycles. The Morgan fingerprint density at radius 3 is 1.42 bits per heavy atom. The fourth-order valence-corrected chi connectivity index (χ4v) is 6.30. The van der Waals surface area contributed by atoms with Crippen LogP contribution >= 0.6 is 0 Å². The van der Waals surface area contributed by atoms with Gasteiger partial charge in [-0.1, -0.05) is 91.0 Å². The zero-order valence-corrected chi connectivity index (χ0v) is 23.4. The van der Waals surface area contributed by atoms with Crippen molar-refractivity contribution in [3.05, 3.63) is 157 Å². The van der Waals surface area contributed by atoms with Gasteiger partial charge in [0.2, 0.25) is 0 Å². The Labute approximate surface area is 249 Å². The van der Waals surface area contributed by atoms with Crippen molar-refractivity contribution < 1.29 is 0 Å². The summed E-state index contributed by atoms with van der Waals surface area (Å²) in [4.78, 5) is 0. The lowest BCUT2D eigenvalue weighted by Crippen LogP contribution is -2.25. The van der Waals surface area contributed by atoms with Gasteiger partial charge in [-0.3, -0.25) is 5.01 Å². The number of anilines is 1. The number of nitrogens with zero attached hydrogens (tertiary/aromatic N) is 3. The minimum Gasteiger partial charge on any atom is -0.397 e. The number of hydrogen-bond acceptors (Lipinski definition) is 3. The molecule has 0 bridgehead atoms. The van der Waals surface area contributed by atoms with Crippen molar-refractivity contribution in [2.75, 3.05) is 5.01 Å². The minimum absolute atomic E-state index is 0.582. The van der Waals surface area contributed by atoms with E-state index >= 15 is 0 Å². The van der Waals surface area contributed by atoms with Crippen LogP contribution in [0.5, 0.6) is 0 Å². The highest BCUT2D eigenvalue weighted by Crippen LogP contribution is 2.34. The predicted molar refractivity (Wildman–Crippen MR) is 180 cm³/mol. The average molecular weight is 556 g/mol. The summed E-state index contributed by atoms with van der Waals surface area (Å²) in [5, 5.41) is 6.52. The molecule has 206 valence electrons. The fraction of sp³-hybridized carbons (Fsp3) is 0. The van der Waals surface area contributed by atoms with Crippen LogP contribution in [0.4, 0.5) is 5.69 Å². The van der Waals surface area contributed by atoms with Gasteiger partial charge in [0.05, 0.1) is 33.5 Å². The lowest BCUT2D eigenvalue weighted by molar-refractivity contribution is 1.07. The maximum atomic E-state index is 6.59. The van der Waals surface area contributed by atoms with E-state index in [2.05, 4.69) is 130 Å². The van der Waals surface area contributed by atoms with Crippen LogP contribution in [0.1, 0.15) is 5.56 Å². The summed E-state index contributed by atoms with van der Waals surface area (Å²) in [5.41, 5.74) is 15.7. The van der Waals surface area contributed by atoms with E-state index in [0.717, 1.165) is 33.7 Å². The number of rotatable bonds is 5. The van der Waals surface area contributed by atoms with Crippen molar-refractivity contribution in [2.24, 2.45) is 11.6 Å². The van der Waals surface area contributed by atoms with Gasteiger partial charge in [0, 0.05) is 39.1 Å². The Balaban J connectivity index is 1.13. The Morgan fingerprint density at radius 2 is 0.930 bits per heavy atom. The number of benzene rings is 6. The van der Waals surface area contributed by atoms with Gasteiger partial charge < -0.3 is 14.9 Å². The molecule has 4 N–H and O–H groups in total. The SMILES string of the molecule is N/C(=C\N(N)c1cccc(-n2c3ccccc3c3ccccc32)c1)c1ccc(-n2c3ccccc3c3ccccc32)cc1. The molecule has 8 rings (SSSR count). The summed E-state index contributed by atoms with van der Waals surface area (Å²) in [5.74, 6) is 6.58. The quantitative estimate of drug-likeness (QED) is 0.165. The first-order chi connectivity index (χ1) is 21.2. The predicted octanol–water partition coefficient (Wildman–Crippen LogP) is 8.52. The number of para-hydroxylation sites is 4. The molecule has 0 aliphatic heterocycles. The Morgan fingerprint density at radius 1 is 0.488 bits per heavy atom. The van der Waals surface area contributed by atoms with E-state index in [4.69, 9.17) is 11.6 Å². The number of fused-ring (bicyclic) bond motifs is 6. The van der Waals surface area contributed by atoms with Crippen molar-refractivity contribution >= 4 is 55.0 Å². The molecule has 43 heavy (non-hydrogen) atoms. The maximum Gasteiger partial charge on any atom is 0.0590 e. The molecule has 5 heteroatoms. The lowest BCUT2D eigenvalue weighted by Gasteiger charge is -2.17. The van der Waals surface area contributed by atoms with Crippen LogP contribution in [0.3, 0.4) is 0 Å². The van der Waals surface area contributed by atoms with Crippen LogP contribution in [0, 0.1) is 0 Å². The molecule has 0 unspecified atom stereocenters. The molecule has 8 aromatic rings. The van der Waals surface area contributed by atoms with Crippen LogP contribution in [0.2, 0.25) is 0 Å². The van der Waals surface area contributed by atoms with Crippen LogP contribution in [-0.2, 0) is 0 Å². The maximum absolute atomic E-state index is 6.59. The Kier molecular flexibility index (Phi) is 5.77. The number of hydrazine groups is 1. The molecule has 0 aliphatic rings. The van der Waals surface area contributed by atoms with Gasteiger partial charge in [-0.05, 0) is 60.2 Å². The van der Waals surface area contributed by atoms with E-state index in [1.165, 1.54) is 32.6 Å². The van der Waals surface area contributed by atoms with Gasteiger partial charge in [0.25, 0.3) is 0 Å². The van der Waals surface area contributed by atoms with Crippen LogP contribution in [0.25, 0.3) is 60.7 Å². The first-order valence-electron chi connectivity index (χ1n) is 14.4. The second kappa shape index (κ2) is 9.94. The van der Waals surface area contributed by atoms with E-state index in [1.54, 1.807) is 11.2 Å². The zero-order chi connectivity index (χ0) is 28.9. The third kappa shape index (κ3) is 4.06. The molecule has 0 aliphatic carbocycles. The van der Waals surface area contributed by atoms with E-state index in [-0.39, 0.29) is 0 Å².